The normalized spacial score (nSPS) is 14.6. The molecule has 0 spiro atoms. The second kappa shape index (κ2) is 5.54. The van der Waals surface area contributed by atoms with Crippen LogP contribution in [0.4, 0.5) is 5.69 Å². The maximum Gasteiger partial charge on any atom is 0.317 e. The average molecular weight is 285 g/mol. The molecule has 0 bridgehead atoms. The Morgan fingerprint density at radius 3 is 2.74 bits per heavy atom. The van der Waals surface area contributed by atoms with Crippen LogP contribution in [0.25, 0.3) is 0 Å². The molecule has 19 heavy (non-hydrogen) atoms. The zero-order chi connectivity index (χ0) is 14.0. The van der Waals surface area contributed by atoms with E-state index in [-0.39, 0.29) is 24.8 Å². The predicted octanol–water partition coefficient (Wildman–Crippen LogP) is 2.30. The molecule has 0 saturated heterocycles. The van der Waals surface area contributed by atoms with Crippen LogP contribution in [0.1, 0.15) is 18.4 Å². The summed E-state index contributed by atoms with van der Waals surface area (Å²) in [5, 5.41) is 20.2. The minimum absolute atomic E-state index is 0.0274. The highest BCUT2D eigenvalue weighted by atomic mass is 35.5. The van der Waals surface area contributed by atoms with Crippen LogP contribution in [0.3, 0.4) is 0 Å². The monoisotopic (exact) mass is 284 g/mol. The third kappa shape index (κ3) is 3.65. The molecule has 102 valence electrons. The zero-order valence-electron chi connectivity index (χ0n) is 10.1. The minimum Gasteiger partial charge on any atom is -0.480 e. The molecular formula is C12H13ClN2O4. The lowest BCUT2D eigenvalue weighted by atomic mass is 10.1. The SMILES string of the molecule is O=C(O)CN(Cc1cc(Cl)ccc1[N+](=O)[O-])C1CC1. The van der Waals surface area contributed by atoms with Crippen LogP contribution in [-0.4, -0.2) is 33.5 Å². The number of benzene rings is 1. The van der Waals surface area contributed by atoms with Gasteiger partial charge in [0.2, 0.25) is 0 Å². The van der Waals surface area contributed by atoms with Gasteiger partial charge >= 0.3 is 5.97 Å². The van der Waals surface area contributed by atoms with E-state index in [1.807, 2.05) is 0 Å². The third-order valence-electron chi connectivity index (χ3n) is 3.01. The topological polar surface area (TPSA) is 83.7 Å². The molecule has 1 fully saturated rings. The first-order chi connectivity index (χ1) is 8.97. The van der Waals surface area contributed by atoms with Crippen LogP contribution in [-0.2, 0) is 11.3 Å². The third-order valence-corrected chi connectivity index (χ3v) is 3.25. The number of aliphatic carboxylic acids is 1. The van der Waals surface area contributed by atoms with Gasteiger partial charge < -0.3 is 5.11 Å². The van der Waals surface area contributed by atoms with Crippen molar-refractivity contribution >= 4 is 23.3 Å². The van der Waals surface area contributed by atoms with Gasteiger partial charge in [-0.25, -0.2) is 0 Å². The molecule has 1 aromatic rings. The molecule has 1 saturated carbocycles. The molecule has 1 aliphatic carbocycles. The van der Waals surface area contributed by atoms with Gasteiger partial charge in [0.25, 0.3) is 5.69 Å². The second-order valence-corrected chi connectivity index (χ2v) is 5.00. The summed E-state index contributed by atoms with van der Waals surface area (Å²) in [6.45, 7) is 0.113. The van der Waals surface area contributed by atoms with Crippen molar-refractivity contribution in [3.63, 3.8) is 0 Å². The van der Waals surface area contributed by atoms with E-state index >= 15 is 0 Å². The van der Waals surface area contributed by atoms with Crippen LogP contribution >= 0.6 is 11.6 Å². The number of hydrogen-bond donors (Lipinski definition) is 1. The van der Waals surface area contributed by atoms with Crippen LogP contribution in [0.2, 0.25) is 5.02 Å². The van der Waals surface area contributed by atoms with Crippen molar-refractivity contribution in [1.29, 1.82) is 0 Å². The van der Waals surface area contributed by atoms with Gasteiger partial charge in [-0.1, -0.05) is 11.6 Å². The smallest absolute Gasteiger partial charge is 0.317 e. The van der Waals surface area contributed by atoms with Crippen molar-refractivity contribution in [1.82, 2.24) is 4.90 Å². The molecule has 1 N–H and O–H groups in total. The Kier molecular flexibility index (Phi) is 4.01. The molecule has 0 amide bonds. The quantitative estimate of drug-likeness (QED) is 0.640. The molecule has 7 heteroatoms. The van der Waals surface area contributed by atoms with Gasteiger partial charge in [0.1, 0.15) is 0 Å². The molecular weight excluding hydrogens is 272 g/mol. The van der Waals surface area contributed by atoms with Crippen LogP contribution in [0.15, 0.2) is 18.2 Å². The number of rotatable bonds is 6. The number of nitro groups is 1. The molecule has 0 atom stereocenters. The highest BCUT2D eigenvalue weighted by molar-refractivity contribution is 6.30. The van der Waals surface area contributed by atoms with Crippen LogP contribution in [0.5, 0.6) is 0 Å². The maximum atomic E-state index is 10.9. The second-order valence-electron chi connectivity index (χ2n) is 4.56. The molecule has 0 radical (unpaired) electrons. The van der Waals surface area contributed by atoms with Gasteiger partial charge in [-0.15, -0.1) is 0 Å². The Balaban J connectivity index is 2.22. The van der Waals surface area contributed by atoms with Gasteiger partial charge in [-0.3, -0.25) is 19.8 Å². The van der Waals surface area contributed by atoms with Gasteiger partial charge in [-0.05, 0) is 25.0 Å². The predicted molar refractivity (Wildman–Crippen MR) is 69.2 cm³/mol. The zero-order valence-corrected chi connectivity index (χ0v) is 10.8. The minimum atomic E-state index is -0.934. The first kappa shape index (κ1) is 13.8. The largest absolute Gasteiger partial charge is 0.480 e. The van der Waals surface area contributed by atoms with Gasteiger partial charge in [0, 0.05) is 29.2 Å². The fraction of sp³-hybridized carbons (Fsp3) is 0.417. The molecule has 6 nitrogen and oxygen atoms in total. The summed E-state index contributed by atoms with van der Waals surface area (Å²) in [6.07, 6.45) is 1.86. The number of nitro benzene ring substituents is 1. The van der Waals surface area contributed by atoms with Crippen molar-refractivity contribution in [2.24, 2.45) is 0 Å². The van der Waals surface area contributed by atoms with Crippen LogP contribution in [0, 0.1) is 10.1 Å². The van der Waals surface area contributed by atoms with E-state index in [1.54, 1.807) is 4.90 Å². The molecule has 1 aliphatic rings. The van der Waals surface area contributed by atoms with E-state index in [1.165, 1.54) is 18.2 Å². The van der Waals surface area contributed by atoms with E-state index in [2.05, 4.69) is 0 Å². The summed E-state index contributed by atoms with van der Waals surface area (Å²) >= 11 is 5.85. The van der Waals surface area contributed by atoms with E-state index in [0.29, 0.717) is 10.6 Å². The molecule has 0 heterocycles. The average Bonchev–Trinajstić information content (AvgIpc) is 3.10. The lowest BCUT2D eigenvalue weighted by Crippen LogP contribution is -2.31. The standard InChI is InChI=1S/C12H13ClN2O4/c13-9-1-4-11(15(18)19)8(5-9)6-14(7-12(16)17)10-2-3-10/h1,4-5,10H,2-3,6-7H2,(H,16,17). The van der Waals surface area contributed by atoms with Crippen molar-refractivity contribution in [3.8, 4) is 0 Å². The number of hydrogen-bond acceptors (Lipinski definition) is 4. The summed E-state index contributed by atoms with van der Waals surface area (Å²) in [5.41, 5.74) is 0.422. The molecule has 0 aliphatic heterocycles. The Hall–Kier alpha value is -1.66. The van der Waals surface area contributed by atoms with Crippen molar-refractivity contribution in [3.05, 3.63) is 38.9 Å². The van der Waals surface area contributed by atoms with Crippen molar-refractivity contribution in [2.75, 3.05) is 6.54 Å². The van der Waals surface area contributed by atoms with Crippen LogP contribution < -0.4 is 0 Å². The summed E-state index contributed by atoms with van der Waals surface area (Å²) < 4.78 is 0. The van der Waals surface area contributed by atoms with E-state index < -0.39 is 10.9 Å². The first-order valence-electron chi connectivity index (χ1n) is 5.86. The first-order valence-corrected chi connectivity index (χ1v) is 6.24. The Morgan fingerprint density at radius 1 is 1.53 bits per heavy atom. The summed E-state index contributed by atoms with van der Waals surface area (Å²) in [7, 11) is 0. The highest BCUT2D eigenvalue weighted by Gasteiger charge is 2.31. The fourth-order valence-electron chi connectivity index (χ4n) is 2.01. The number of halogens is 1. The Bertz CT molecular complexity index is 516. The number of carbonyl (C=O) groups is 1. The van der Waals surface area contributed by atoms with Gasteiger partial charge in [0.05, 0.1) is 11.5 Å². The van der Waals surface area contributed by atoms with Crippen molar-refractivity contribution < 1.29 is 14.8 Å². The van der Waals surface area contributed by atoms with E-state index in [0.717, 1.165) is 12.8 Å². The molecule has 0 unspecified atom stereocenters. The van der Waals surface area contributed by atoms with E-state index in [9.17, 15) is 14.9 Å². The Morgan fingerprint density at radius 2 is 2.21 bits per heavy atom. The summed E-state index contributed by atoms with van der Waals surface area (Å²) in [6, 6.07) is 4.54. The summed E-state index contributed by atoms with van der Waals surface area (Å²) in [5.74, 6) is -0.934. The lowest BCUT2D eigenvalue weighted by Gasteiger charge is -2.19. The molecule has 0 aromatic heterocycles. The highest BCUT2D eigenvalue weighted by Crippen LogP contribution is 2.31. The molecule has 2 rings (SSSR count). The van der Waals surface area contributed by atoms with Crippen molar-refractivity contribution in [2.45, 2.75) is 25.4 Å². The molecule has 1 aromatic carbocycles. The van der Waals surface area contributed by atoms with E-state index in [4.69, 9.17) is 16.7 Å². The van der Waals surface area contributed by atoms with Gasteiger partial charge in [-0.2, -0.15) is 0 Å². The number of carboxylic acids is 1. The Labute approximate surface area is 114 Å². The fourth-order valence-corrected chi connectivity index (χ4v) is 2.20. The lowest BCUT2D eigenvalue weighted by molar-refractivity contribution is -0.385. The number of carboxylic acid groups (broad SMARTS) is 1. The number of nitrogens with zero attached hydrogens (tertiary/aromatic N) is 2. The van der Waals surface area contributed by atoms with Gasteiger partial charge in [0.15, 0.2) is 0 Å². The summed E-state index contributed by atoms with van der Waals surface area (Å²) in [4.78, 5) is 23.0. The maximum absolute atomic E-state index is 10.9.